The van der Waals surface area contributed by atoms with Gasteiger partial charge in [0, 0.05) is 16.7 Å². The number of hydrogen-bond acceptors (Lipinski definition) is 3. The van der Waals surface area contributed by atoms with Gasteiger partial charge in [-0.3, -0.25) is 0 Å². The van der Waals surface area contributed by atoms with Crippen molar-refractivity contribution in [2.75, 3.05) is 6.61 Å². The minimum atomic E-state index is -1.18. The van der Waals surface area contributed by atoms with E-state index in [0.717, 1.165) is 10.5 Å². The number of rotatable bonds is 7. The zero-order chi connectivity index (χ0) is 13.4. The maximum absolute atomic E-state index is 11.8. The molecule has 1 aromatic rings. The summed E-state index contributed by atoms with van der Waals surface area (Å²) in [5, 5.41) is 1.51. The van der Waals surface area contributed by atoms with Crippen molar-refractivity contribution >= 4 is 16.6 Å². The number of carbonyl (C=O) groups excluding carboxylic acids is 1. The number of benzene rings is 1. The predicted octanol–water partition coefficient (Wildman–Crippen LogP) is 2.96. The lowest BCUT2D eigenvalue weighted by Crippen LogP contribution is -1.94. The Hall–Kier alpha value is -1.42. The fourth-order valence-electron chi connectivity index (χ4n) is 1.31. The minimum absolute atomic E-state index is 0.158. The van der Waals surface area contributed by atoms with E-state index in [1.165, 1.54) is 11.7 Å². The molecule has 1 rings (SSSR count). The highest BCUT2D eigenvalue weighted by atomic mass is 32.2. The molecule has 0 saturated heterocycles. The average molecular weight is 266 g/mol. The van der Waals surface area contributed by atoms with E-state index in [4.69, 9.17) is 4.74 Å². The van der Waals surface area contributed by atoms with Gasteiger partial charge in [-0.05, 0) is 32.4 Å². The Morgan fingerprint density at radius 3 is 2.61 bits per heavy atom. The van der Waals surface area contributed by atoms with Crippen molar-refractivity contribution in [3.63, 3.8) is 0 Å². The van der Waals surface area contributed by atoms with Gasteiger partial charge in [0.2, 0.25) is 0 Å². The maximum Gasteiger partial charge on any atom is 0.129 e. The number of ether oxygens (including phenoxy) is 1. The van der Waals surface area contributed by atoms with E-state index >= 15 is 0 Å². The van der Waals surface area contributed by atoms with Gasteiger partial charge < -0.3 is 9.53 Å². The van der Waals surface area contributed by atoms with Crippen LogP contribution in [0.3, 0.4) is 0 Å². The van der Waals surface area contributed by atoms with Gasteiger partial charge in [-0.15, -0.1) is 0 Å². The van der Waals surface area contributed by atoms with E-state index in [-0.39, 0.29) is 5.78 Å². The fraction of sp³-hybridized carbons (Fsp3) is 0.357. The lowest BCUT2D eigenvalue weighted by atomic mass is 10.2. The van der Waals surface area contributed by atoms with Gasteiger partial charge in [0.05, 0.1) is 23.7 Å². The SMILES string of the molecule is CC(=O)CCCO/C=C/S(=O)c1ccc(C)cc1. The van der Waals surface area contributed by atoms with Crippen molar-refractivity contribution in [1.82, 2.24) is 0 Å². The summed E-state index contributed by atoms with van der Waals surface area (Å²) >= 11 is 0. The molecule has 0 fully saturated rings. The third-order valence-corrected chi connectivity index (χ3v) is 3.41. The zero-order valence-electron chi connectivity index (χ0n) is 10.7. The largest absolute Gasteiger partial charge is 0.501 e. The fourth-order valence-corrected chi connectivity index (χ4v) is 2.05. The van der Waals surface area contributed by atoms with Crippen LogP contribution in [0.15, 0.2) is 40.8 Å². The molecular formula is C14H18O3S. The first-order valence-electron chi connectivity index (χ1n) is 5.84. The summed E-state index contributed by atoms with van der Waals surface area (Å²) in [6, 6.07) is 7.53. The first-order chi connectivity index (χ1) is 8.59. The molecule has 0 aliphatic carbocycles. The molecule has 0 heterocycles. The third kappa shape index (κ3) is 5.77. The second-order valence-electron chi connectivity index (χ2n) is 4.06. The van der Waals surface area contributed by atoms with Gasteiger partial charge >= 0.3 is 0 Å². The molecule has 0 aromatic heterocycles. The monoisotopic (exact) mass is 266 g/mol. The van der Waals surface area contributed by atoms with Crippen LogP contribution in [0.4, 0.5) is 0 Å². The Bertz CT molecular complexity index is 435. The van der Waals surface area contributed by atoms with Gasteiger partial charge in [0.15, 0.2) is 0 Å². The summed E-state index contributed by atoms with van der Waals surface area (Å²) < 4.78 is 17.0. The summed E-state index contributed by atoms with van der Waals surface area (Å²) in [5.41, 5.74) is 1.14. The van der Waals surface area contributed by atoms with E-state index in [2.05, 4.69) is 0 Å². The molecule has 0 radical (unpaired) electrons. The Morgan fingerprint density at radius 1 is 1.33 bits per heavy atom. The van der Waals surface area contributed by atoms with Gasteiger partial charge in [-0.1, -0.05) is 17.7 Å². The van der Waals surface area contributed by atoms with Crippen molar-refractivity contribution in [2.45, 2.75) is 31.6 Å². The molecule has 0 saturated carbocycles. The van der Waals surface area contributed by atoms with Gasteiger partial charge in [-0.2, -0.15) is 0 Å². The van der Waals surface area contributed by atoms with E-state index in [9.17, 15) is 9.00 Å². The van der Waals surface area contributed by atoms with Crippen molar-refractivity contribution in [3.8, 4) is 0 Å². The number of hydrogen-bond donors (Lipinski definition) is 0. The highest BCUT2D eigenvalue weighted by Gasteiger charge is 1.98. The topological polar surface area (TPSA) is 43.4 Å². The van der Waals surface area contributed by atoms with E-state index in [0.29, 0.717) is 19.4 Å². The molecule has 3 nitrogen and oxygen atoms in total. The quantitative estimate of drug-likeness (QED) is 0.563. The summed E-state index contributed by atoms with van der Waals surface area (Å²) in [5.74, 6) is 0.158. The van der Waals surface area contributed by atoms with Crippen LogP contribution < -0.4 is 0 Å². The molecule has 0 bridgehead atoms. The maximum atomic E-state index is 11.8. The van der Waals surface area contributed by atoms with Crippen LogP contribution in [0, 0.1) is 6.92 Å². The van der Waals surface area contributed by atoms with E-state index < -0.39 is 10.8 Å². The van der Waals surface area contributed by atoms with Crippen molar-refractivity contribution < 1.29 is 13.7 Å². The second kappa shape index (κ2) is 7.82. The van der Waals surface area contributed by atoms with Crippen molar-refractivity contribution in [1.29, 1.82) is 0 Å². The van der Waals surface area contributed by atoms with Crippen LogP contribution >= 0.6 is 0 Å². The molecule has 18 heavy (non-hydrogen) atoms. The van der Waals surface area contributed by atoms with Crippen LogP contribution in [0.2, 0.25) is 0 Å². The highest BCUT2D eigenvalue weighted by Crippen LogP contribution is 2.09. The molecule has 0 aliphatic heterocycles. The lowest BCUT2D eigenvalue weighted by Gasteiger charge is -2.00. The first kappa shape index (κ1) is 14.6. The molecule has 4 heteroatoms. The summed E-state index contributed by atoms with van der Waals surface area (Å²) in [4.78, 5) is 11.4. The van der Waals surface area contributed by atoms with Crippen LogP contribution in [-0.2, 0) is 20.3 Å². The number of Topliss-reactive ketones (excluding diaryl/α,β-unsaturated/α-hetero) is 1. The summed E-state index contributed by atoms with van der Waals surface area (Å²) in [6.45, 7) is 4.02. The second-order valence-corrected chi connectivity index (χ2v) is 5.40. The molecule has 0 spiro atoms. The van der Waals surface area contributed by atoms with Crippen LogP contribution in [-0.4, -0.2) is 16.6 Å². The molecule has 0 amide bonds. The van der Waals surface area contributed by atoms with Crippen LogP contribution in [0.5, 0.6) is 0 Å². The Morgan fingerprint density at radius 2 is 2.00 bits per heavy atom. The average Bonchev–Trinajstić information content (AvgIpc) is 2.34. The summed E-state index contributed by atoms with van der Waals surface area (Å²) in [7, 11) is -1.18. The molecule has 98 valence electrons. The van der Waals surface area contributed by atoms with Gasteiger partial charge in [-0.25, -0.2) is 4.21 Å². The molecule has 1 unspecified atom stereocenters. The van der Waals surface area contributed by atoms with Gasteiger partial charge in [0.1, 0.15) is 5.78 Å². The Kier molecular flexibility index (Phi) is 6.36. The number of ketones is 1. The zero-order valence-corrected chi connectivity index (χ0v) is 11.5. The molecule has 1 atom stereocenters. The highest BCUT2D eigenvalue weighted by molar-refractivity contribution is 7.88. The van der Waals surface area contributed by atoms with E-state index in [1.54, 1.807) is 6.92 Å². The predicted molar refractivity (Wildman–Crippen MR) is 72.6 cm³/mol. The van der Waals surface area contributed by atoms with Gasteiger partial charge in [0.25, 0.3) is 0 Å². The third-order valence-electron chi connectivity index (χ3n) is 2.32. The molecule has 1 aromatic carbocycles. The van der Waals surface area contributed by atoms with Crippen LogP contribution in [0.1, 0.15) is 25.3 Å². The minimum Gasteiger partial charge on any atom is -0.501 e. The summed E-state index contributed by atoms with van der Waals surface area (Å²) in [6.07, 6.45) is 2.65. The standard InChI is InChI=1S/C14H18O3S/c1-12-5-7-14(8-6-12)18(16)11-10-17-9-3-4-13(2)15/h5-8,10-11H,3-4,9H2,1-2H3/b11-10+. The van der Waals surface area contributed by atoms with Crippen LogP contribution in [0.25, 0.3) is 0 Å². The molecular weight excluding hydrogens is 248 g/mol. The number of carbonyl (C=O) groups is 1. The number of aryl methyl sites for hydroxylation is 1. The van der Waals surface area contributed by atoms with Crippen molar-refractivity contribution in [2.24, 2.45) is 0 Å². The normalized spacial score (nSPS) is 12.6. The molecule has 0 aliphatic rings. The van der Waals surface area contributed by atoms with Crippen molar-refractivity contribution in [3.05, 3.63) is 41.5 Å². The Balaban J connectivity index is 2.31. The lowest BCUT2D eigenvalue weighted by molar-refractivity contribution is -0.117. The first-order valence-corrected chi connectivity index (χ1v) is 7.06. The Labute approximate surface area is 110 Å². The molecule has 0 N–H and O–H groups in total. The van der Waals surface area contributed by atoms with E-state index in [1.807, 2.05) is 31.2 Å². The smallest absolute Gasteiger partial charge is 0.129 e.